The van der Waals surface area contributed by atoms with Gasteiger partial charge in [-0.1, -0.05) is 66.7 Å². The maximum Gasteiger partial charge on any atom is 0.223 e. The molecular weight excluding hydrogens is 450 g/mol. The number of piperidine rings is 1. The number of pyridine rings is 1. The number of phenolic OH excluding ortho intramolecular Hbond substituents is 1. The fraction of sp³-hybridized carbons (Fsp3) is 0.267. The molecule has 1 aliphatic rings. The van der Waals surface area contributed by atoms with Crippen LogP contribution in [0.2, 0.25) is 0 Å². The number of anilines is 1. The van der Waals surface area contributed by atoms with Crippen LogP contribution in [-0.2, 0) is 29.3 Å². The molecule has 3 aromatic carbocycles. The number of ether oxygens (including phenoxy) is 1. The number of carbonyl (C=O) groups excluding carboxylic acids is 1. The second-order valence-electron chi connectivity index (χ2n) is 9.29. The van der Waals surface area contributed by atoms with Crippen LogP contribution in [0.25, 0.3) is 10.9 Å². The van der Waals surface area contributed by atoms with Crippen molar-refractivity contribution in [1.29, 1.82) is 0 Å². The molecule has 0 bridgehead atoms. The van der Waals surface area contributed by atoms with Crippen molar-refractivity contribution < 1.29 is 14.6 Å². The Hall–Kier alpha value is -3.90. The number of rotatable bonds is 8. The Kier molecular flexibility index (Phi) is 7.43. The number of para-hydroxylation sites is 1. The molecule has 6 heteroatoms. The Balaban J connectivity index is 1.06. The van der Waals surface area contributed by atoms with Crippen LogP contribution < -0.4 is 10.2 Å². The van der Waals surface area contributed by atoms with Gasteiger partial charge in [0.05, 0.1) is 13.2 Å². The Morgan fingerprint density at radius 3 is 2.31 bits per heavy atom. The van der Waals surface area contributed by atoms with E-state index in [0.29, 0.717) is 25.3 Å². The van der Waals surface area contributed by atoms with Crippen LogP contribution in [-0.4, -0.2) is 29.1 Å². The highest BCUT2D eigenvalue weighted by atomic mass is 16.5. The lowest BCUT2D eigenvalue weighted by atomic mass is 9.95. The van der Waals surface area contributed by atoms with Gasteiger partial charge < -0.3 is 20.1 Å². The smallest absolute Gasteiger partial charge is 0.223 e. The third-order valence-corrected chi connectivity index (χ3v) is 6.74. The first-order chi connectivity index (χ1) is 17.7. The van der Waals surface area contributed by atoms with Crippen molar-refractivity contribution in [3.63, 3.8) is 0 Å². The van der Waals surface area contributed by atoms with E-state index in [0.717, 1.165) is 53.8 Å². The molecule has 1 aromatic heterocycles. The van der Waals surface area contributed by atoms with Gasteiger partial charge in [-0.2, -0.15) is 0 Å². The van der Waals surface area contributed by atoms with Crippen LogP contribution in [0.5, 0.6) is 5.75 Å². The van der Waals surface area contributed by atoms with Crippen molar-refractivity contribution in [3.05, 3.63) is 102 Å². The van der Waals surface area contributed by atoms with Crippen LogP contribution in [0.3, 0.4) is 0 Å². The minimum Gasteiger partial charge on any atom is -0.506 e. The summed E-state index contributed by atoms with van der Waals surface area (Å²) in [5, 5.41) is 14.1. The van der Waals surface area contributed by atoms with Gasteiger partial charge in [0.25, 0.3) is 0 Å². The van der Waals surface area contributed by atoms with E-state index in [-0.39, 0.29) is 17.6 Å². The van der Waals surface area contributed by atoms with Gasteiger partial charge in [0.15, 0.2) is 0 Å². The van der Waals surface area contributed by atoms with Gasteiger partial charge in [0.2, 0.25) is 5.91 Å². The Morgan fingerprint density at radius 1 is 0.861 bits per heavy atom. The molecular formula is C30H31N3O3. The Labute approximate surface area is 211 Å². The maximum absolute atomic E-state index is 12.8. The van der Waals surface area contributed by atoms with Crippen LogP contribution in [0.15, 0.2) is 84.9 Å². The fourth-order valence-corrected chi connectivity index (χ4v) is 4.62. The standard InChI is InChI=1S/C30H31N3O3/c34-27-8-4-7-25-13-14-28(32-29(25)27)33-17-15-26(16-18-33)30(35)31-19-22-9-11-24(12-10-22)21-36-20-23-5-2-1-3-6-23/h1-14,26,34H,15-21H2,(H,31,35). The number of carbonyl (C=O) groups is 1. The fourth-order valence-electron chi connectivity index (χ4n) is 4.62. The van der Waals surface area contributed by atoms with E-state index in [1.807, 2.05) is 54.6 Å². The number of nitrogens with zero attached hydrogens (tertiary/aromatic N) is 2. The molecule has 2 heterocycles. The average Bonchev–Trinajstić information content (AvgIpc) is 2.93. The van der Waals surface area contributed by atoms with Crippen molar-refractivity contribution in [2.24, 2.45) is 5.92 Å². The molecule has 0 saturated carbocycles. The summed E-state index contributed by atoms with van der Waals surface area (Å²) in [6, 6.07) is 27.7. The summed E-state index contributed by atoms with van der Waals surface area (Å²) >= 11 is 0. The largest absolute Gasteiger partial charge is 0.506 e. The number of hydrogen-bond donors (Lipinski definition) is 2. The molecule has 2 N–H and O–H groups in total. The van der Waals surface area contributed by atoms with Gasteiger partial charge in [-0.3, -0.25) is 4.79 Å². The van der Waals surface area contributed by atoms with Gasteiger partial charge in [-0.15, -0.1) is 0 Å². The quantitative estimate of drug-likeness (QED) is 0.362. The van der Waals surface area contributed by atoms with Gasteiger partial charge in [-0.25, -0.2) is 4.98 Å². The third kappa shape index (κ3) is 5.83. The van der Waals surface area contributed by atoms with Crippen molar-refractivity contribution >= 4 is 22.6 Å². The maximum atomic E-state index is 12.8. The highest BCUT2D eigenvalue weighted by Gasteiger charge is 2.25. The zero-order chi connectivity index (χ0) is 24.7. The Morgan fingerprint density at radius 2 is 1.56 bits per heavy atom. The summed E-state index contributed by atoms with van der Waals surface area (Å²) in [5.41, 5.74) is 3.97. The lowest BCUT2D eigenvalue weighted by Crippen LogP contribution is -2.40. The van der Waals surface area contributed by atoms with Crippen molar-refractivity contribution in [1.82, 2.24) is 10.3 Å². The number of benzene rings is 3. The van der Waals surface area contributed by atoms with Crippen LogP contribution in [0, 0.1) is 5.92 Å². The molecule has 1 amide bonds. The zero-order valence-corrected chi connectivity index (χ0v) is 20.3. The number of fused-ring (bicyclic) bond motifs is 1. The van der Waals surface area contributed by atoms with Crippen molar-refractivity contribution in [2.75, 3.05) is 18.0 Å². The number of aromatic nitrogens is 1. The van der Waals surface area contributed by atoms with Crippen LogP contribution in [0.1, 0.15) is 29.5 Å². The number of amides is 1. The van der Waals surface area contributed by atoms with Gasteiger partial charge in [0, 0.05) is 30.9 Å². The second-order valence-corrected chi connectivity index (χ2v) is 9.29. The normalized spacial score (nSPS) is 14.2. The molecule has 184 valence electrons. The summed E-state index contributed by atoms with van der Waals surface area (Å²) in [6.07, 6.45) is 1.56. The van der Waals surface area contributed by atoms with E-state index in [1.165, 1.54) is 0 Å². The summed E-state index contributed by atoms with van der Waals surface area (Å²) in [5.74, 6) is 1.14. The van der Waals surface area contributed by atoms with E-state index >= 15 is 0 Å². The molecule has 5 rings (SSSR count). The highest BCUT2D eigenvalue weighted by Crippen LogP contribution is 2.27. The number of hydrogen-bond acceptors (Lipinski definition) is 5. The van der Waals surface area contributed by atoms with E-state index in [4.69, 9.17) is 4.74 Å². The number of nitrogens with one attached hydrogen (secondary N) is 1. The number of aromatic hydroxyl groups is 1. The lowest BCUT2D eigenvalue weighted by molar-refractivity contribution is -0.125. The second kappa shape index (κ2) is 11.2. The molecule has 4 aromatic rings. The highest BCUT2D eigenvalue weighted by molar-refractivity contribution is 5.85. The first kappa shape index (κ1) is 23.8. The monoisotopic (exact) mass is 481 g/mol. The molecule has 1 saturated heterocycles. The van der Waals surface area contributed by atoms with E-state index in [1.54, 1.807) is 6.07 Å². The summed E-state index contributed by atoms with van der Waals surface area (Å²) in [4.78, 5) is 19.6. The molecule has 0 spiro atoms. The molecule has 6 nitrogen and oxygen atoms in total. The molecule has 0 radical (unpaired) electrons. The van der Waals surface area contributed by atoms with Gasteiger partial charge >= 0.3 is 0 Å². The molecule has 36 heavy (non-hydrogen) atoms. The molecule has 0 aliphatic carbocycles. The lowest BCUT2D eigenvalue weighted by Gasteiger charge is -2.32. The van der Waals surface area contributed by atoms with Crippen LogP contribution in [0.4, 0.5) is 5.82 Å². The molecule has 1 aliphatic heterocycles. The van der Waals surface area contributed by atoms with Crippen molar-refractivity contribution in [3.8, 4) is 5.75 Å². The van der Waals surface area contributed by atoms with E-state index < -0.39 is 0 Å². The minimum atomic E-state index is 0.000712. The number of phenols is 1. The molecule has 1 fully saturated rings. The predicted octanol–water partition coefficient (Wildman–Crippen LogP) is 5.19. The van der Waals surface area contributed by atoms with Crippen LogP contribution >= 0.6 is 0 Å². The third-order valence-electron chi connectivity index (χ3n) is 6.74. The molecule has 0 atom stereocenters. The topological polar surface area (TPSA) is 74.7 Å². The van der Waals surface area contributed by atoms with E-state index in [2.05, 4.69) is 39.5 Å². The minimum absolute atomic E-state index is 0.000712. The first-order valence-corrected chi connectivity index (χ1v) is 12.5. The average molecular weight is 482 g/mol. The Bertz CT molecular complexity index is 1300. The predicted molar refractivity (Wildman–Crippen MR) is 142 cm³/mol. The first-order valence-electron chi connectivity index (χ1n) is 12.5. The molecule has 0 unspecified atom stereocenters. The summed E-state index contributed by atoms with van der Waals surface area (Å²) in [6.45, 7) is 3.21. The van der Waals surface area contributed by atoms with E-state index in [9.17, 15) is 9.90 Å². The van der Waals surface area contributed by atoms with Gasteiger partial charge in [0.1, 0.15) is 17.1 Å². The SMILES string of the molecule is O=C(NCc1ccc(COCc2ccccc2)cc1)C1CCN(c2ccc3cccc(O)c3n2)CC1. The van der Waals surface area contributed by atoms with Crippen molar-refractivity contribution in [2.45, 2.75) is 32.6 Å². The van der Waals surface area contributed by atoms with Gasteiger partial charge in [-0.05, 0) is 47.7 Å². The zero-order valence-electron chi connectivity index (χ0n) is 20.3. The summed E-state index contributed by atoms with van der Waals surface area (Å²) < 4.78 is 5.80. The summed E-state index contributed by atoms with van der Waals surface area (Å²) in [7, 11) is 0.